The summed E-state index contributed by atoms with van der Waals surface area (Å²) in [5, 5.41) is 19.8. The van der Waals surface area contributed by atoms with Crippen LogP contribution in [0.1, 0.15) is 39.2 Å². The topological polar surface area (TPSA) is 170 Å². The molecule has 0 aliphatic carbocycles. The summed E-state index contributed by atoms with van der Waals surface area (Å²) in [6.07, 6.45) is 0.516. The zero-order valence-corrected chi connectivity index (χ0v) is 24.0. The third kappa shape index (κ3) is 6.38. The molecular formula is C28H31N6O7P. The fourth-order valence-corrected chi connectivity index (χ4v) is 6.07. The minimum atomic E-state index is -4.11. The molecule has 5 rings (SSSR count). The van der Waals surface area contributed by atoms with Gasteiger partial charge in [-0.25, -0.2) is 4.57 Å². The van der Waals surface area contributed by atoms with Gasteiger partial charge in [-0.05, 0) is 31.2 Å². The van der Waals surface area contributed by atoms with Crippen molar-refractivity contribution in [2.75, 3.05) is 26.7 Å². The molecule has 1 aliphatic rings. The van der Waals surface area contributed by atoms with E-state index < -0.39 is 25.7 Å². The molecule has 2 atom stereocenters. The number of para-hydroxylation sites is 2. The van der Waals surface area contributed by atoms with Gasteiger partial charge in [-0.15, -0.1) is 0 Å². The molecule has 0 spiro atoms. The summed E-state index contributed by atoms with van der Waals surface area (Å²) >= 11 is 0. The summed E-state index contributed by atoms with van der Waals surface area (Å²) in [5.74, 6) is -1.59. The van der Waals surface area contributed by atoms with E-state index in [1.54, 1.807) is 42.3 Å². The predicted molar refractivity (Wildman–Crippen MR) is 153 cm³/mol. The summed E-state index contributed by atoms with van der Waals surface area (Å²) < 4.78 is 24.4. The first-order chi connectivity index (χ1) is 20.1. The highest BCUT2D eigenvalue weighted by molar-refractivity contribution is 7.52. The number of aromatic amines is 2. The minimum Gasteiger partial charge on any atom is -0.480 e. The van der Waals surface area contributed by atoms with Crippen molar-refractivity contribution in [1.82, 2.24) is 30.1 Å². The van der Waals surface area contributed by atoms with Crippen LogP contribution in [0.5, 0.6) is 5.75 Å². The zero-order chi connectivity index (χ0) is 29.9. The lowest BCUT2D eigenvalue weighted by Crippen LogP contribution is -2.38. The molecule has 14 heteroatoms. The van der Waals surface area contributed by atoms with Crippen LogP contribution >= 0.6 is 7.75 Å². The number of hydrogen-bond acceptors (Lipinski definition) is 7. The van der Waals surface area contributed by atoms with Crippen molar-refractivity contribution in [3.8, 4) is 5.75 Å². The Bertz CT molecular complexity index is 1620. The summed E-state index contributed by atoms with van der Waals surface area (Å²) in [7, 11) is -2.57. The summed E-state index contributed by atoms with van der Waals surface area (Å²) in [6.45, 7) is 1.78. The van der Waals surface area contributed by atoms with Crippen LogP contribution in [0.25, 0.3) is 10.9 Å². The second kappa shape index (κ2) is 12.2. The molecule has 2 unspecified atom stereocenters. The zero-order valence-electron chi connectivity index (χ0n) is 23.1. The number of aromatic nitrogens is 3. The number of hydrogen-bond donors (Lipinski definition) is 4. The van der Waals surface area contributed by atoms with E-state index in [1.807, 2.05) is 30.3 Å². The van der Waals surface area contributed by atoms with Gasteiger partial charge in [0.15, 0.2) is 5.69 Å². The van der Waals surface area contributed by atoms with Crippen molar-refractivity contribution in [3.05, 3.63) is 83.3 Å². The molecule has 0 radical (unpaired) electrons. The first kappa shape index (κ1) is 29.1. The Hall–Kier alpha value is -4.45. The Labute approximate surface area is 241 Å². The van der Waals surface area contributed by atoms with Gasteiger partial charge in [0, 0.05) is 48.7 Å². The largest absolute Gasteiger partial charge is 0.480 e. The molecule has 13 nitrogen and oxygen atoms in total. The fourth-order valence-electron chi connectivity index (χ4n) is 4.59. The standard InChI is InChI=1S/C28H31N6O7P/c1-18(28(37)38)32-42(39,41-20-9-4-3-5-10-20)40-15-14-33(2)27(36)25-21-17-34(13-12-23(21)30-31-25)26(35)24-16-19-8-6-7-11-22(19)29-24/h3-11,16,18,29H,12-15,17H2,1-2H3,(H,30,31)(H,32,39)(H,37,38). The van der Waals surface area contributed by atoms with Crippen LogP contribution in [-0.2, 0) is 26.8 Å². The molecule has 2 aromatic heterocycles. The van der Waals surface area contributed by atoms with E-state index >= 15 is 0 Å². The predicted octanol–water partition coefficient (Wildman–Crippen LogP) is 3.43. The number of nitrogens with zero attached hydrogens (tertiary/aromatic N) is 3. The smallest absolute Gasteiger partial charge is 0.459 e. The molecule has 0 fully saturated rings. The van der Waals surface area contributed by atoms with Gasteiger partial charge in [0.2, 0.25) is 0 Å². The highest BCUT2D eigenvalue weighted by atomic mass is 31.2. The third-order valence-corrected chi connectivity index (χ3v) is 8.59. The number of benzene rings is 2. The molecule has 4 N–H and O–H groups in total. The van der Waals surface area contributed by atoms with Crippen molar-refractivity contribution in [1.29, 1.82) is 0 Å². The maximum absolute atomic E-state index is 13.4. The third-order valence-electron chi connectivity index (χ3n) is 6.91. The monoisotopic (exact) mass is 594 g/mol. The van der Waals surface area contributed by atoms with E-state index in [9.17, 15) is 24.1 Å². The molecule has 220 valence electrons. The molecule has 0 saturated heterocycles. The van der Waals surface area contributed by atoms with Crippen molar-refractivity contribution in [2.24, 2.45) is 0 Å². The number of aliphatic carboxylic acids is 1. The van der Waals surface area contributed by atoms with Gasteiger partial charge in [-0.2, -0.15) is 10.2 Å². The summed E-state index contributed by atoms with van der Waals surface area (Å²) in [6, 6.07) is 16.4. The maximum Gasteiger partial charge on any atom is 0.459 e. The Kier molecular flexibility index (Phi) is 8.44. The lowest BCUT2D eigenvalue weighted by atomic mass is 10.0. The Morgan fingerprint density at radius 2 is 1.90 bits per heavy atom. The van der Waals surface area contributed by atoms with Gasteiger partial charge in [0.25, 0.3) is 11.8 Å². The molecule has 42 heavy (non-hydrogen) atoms. The van der Waals surface area contributed by atoms with Gasteiger partial charge < -0.3 is 24.4 Å². The molecule has 1 aliphatic heterocycles. The fraction of sp³-hybridized carbons (Fsp3) is 0.286. The molecule has 4 aromatic rings. The van der Waals surface area contributed by atoms with E-state index in [2.05, 4.69) is 20.3 Å². The Morgan fingerprint density at radius 1 is 1.17 bits per heavy atom. The molecule has 0 bridgehead atoms. The summed E-state index contributed by atoms with van der Waals surface area (Å²) in [5.41, 5.74) is 2.95. The SMILES string of the molecule is CC(NP(=O)(OCCN(C)C(=O)c1n[nH]c2c1CN(C(=O)c1cc3ccccc3[nH]1)CC2)Oc1ccccc1)C(=O)O. The molecular weight excluding hydrogens is 563 g/mol. The highest BCUT2D eigenvalue weighted by Gasteiger charge is 2.33. The number of fused-ring (bicyclic) bond motifs is 2. The number of carboxylic acids is 1. The van der Waals surface area contributed by atoms with E-state index in [0.717, 1.165) is 16.6 Å². The van der Waals surface area contributed by atoms with Crippen LogP contribution in [0.3, 0.4) is 0 Å². The summed E-state index contributed by atoms with van der Waals surface area (Å²) in [4.78, 5) is 44.1. The van der Waals surface area contributed by atoms with Gasteiger partial charge in [-0.3, -0.25) is 24.0 Å². The lowest BCUT2D eigenvalue weighted by Gasteiger charge is -2.27. The van der Waals surface area contributed by atoms with E-state index in [-0.39, 0.29) is 37.0 Å². The van der Waals surface area contributed by atoms with Gasteiger partial charge in [0.05, 0.1) is 13.2 Å². The molecule has 2 amide bonds. The number of carbonyl (C=O) groups is 3. The number of nitrogens with one attached hydrogen (secondary N) is 3. The highest BCUT2D eigenvalue weighted by Crippen LogP contribution is 2.44. The van der Waals surface area contributed by atoms with Crippen molar-refractivity contribution in [2.45, 2.75) is 25.9 Å². The van der Waals surface area contributed by atoms with Gasteiger partial charge >= 0.3 is 13.7 Å². The molecule has 2 aromatic carbocycles. The van der Waals surface area contributed by atoms with E-state index in [4.69, 9.17) is 9.05 Å². The van der Waals surface area contributed by atoms with Crippen molar-refractivity contribution in [3.63, 3.8) is 0 Å². The van der Waals surface area contributed by atoms with Crippen molar-refractivity contribution < 1.29 is 33.1 Å². The number of carbonyl (C=O) groups excluding carboxylic acids is 2. The van der Waals surface area contributed by atoms with E-state index in [1.165, 1.54) is 11.8 Å². The first-order valence-electron chi connectivity index (χ1n) is 13.3. The quantitative estimate of drug-likeness (QED) is 0.190. The van der Waals surface area contributed by atoms with E-state index in [0.29, 0.717) is 24.2 Å². The van der Waals surface area contributed by atoms with Crippen LogP contribution in [0, 0.1) is 0 Å². The van der Waals surface area contributed by atoms with Gasteiger partial charge in [0.1, 0.15) is 17.5 Å². The van der Waals surface area contributed by atoms with Gasteiger partial charge in [-0.1, -0.05) is 36.4 Å². The number of likely N-dealkylation sites (N-methyl/N-ethyl adjacent to an activating group) is 1. The van der Waals surface area contributed by atoms with Crippen LogP contribution in [0.15, 0.2) is 60.7 Å². The second-order valence-electron chi connectivity index (χ2n) is 9.93. The molecule has 0 saturated carbocycles. The maximum atomic E-state index is 13.4. The normalized spacial score (nSPS) is 15.0. The second-order valence-corrected chi connectivity index (χ2v) is 11.6. The van der Waals surface area contributed by atoms with Crippen LogP contribution in [-0.4, -0.2) is 80.7 Å². The minimum absolute atomic E-state index is 0.00342. The van der Waals surface area contributed by atoms with Crippen LogP contribution < -0.4 is 9.61 Å². The number of rotatable bonds is 11. The number of carboxylic acid groups (broad SMARTS) is 1. The average molecular weight is 595 g/mol. The number of H-pyrrole nitrogens is 2. The van der Waals surface area contributed by atoms with Crippen molar-refractivity contribution >= 4 is 36.4 Å². The molecule has 3 heterocycles. The average Bonchev–Trinajstić information content (AvgIpc) is 3.61. The van der Waals surface area contributed by atoms with Crippen LogP contribution in [0.4, 0.5) is 0 Å². The Morgan fingerprint density at radius 3 is 2.64 bits per heavy atom. The Balaban J connectivity index is 1.23. The first-order valence-corrected chi connectivity index (χ1v) is 14.9. The number of amides is 2. The lowest BCUT2D eigenvalue weighted by molar-refractivity contribution is -0.138. The van der Waals surface area contributed by atoms with Crippen LogP contribution in [0.2, 0.25) is 0 Å².